The number of rotatable bonds is 4. The van der Waals surface area contributed by atoms with Gasteiger partial charge in [-0.1, -0.05) is 6.07 Å². The van der Waals surface area contributed by atoms with Crippen LogP contribution in [0.4, 0.5) is 0 Å². The SMILES string of the molecule is CCOc1ccc(-n2cccc(CN)c2=O)cc1. The second-order valence-corrected chi connectivity index (χ2v) is 3.84. The zero-order valence-corrected chi connectivity index (χ0v) is 10.3. The molecule has 4 nitrogen and oxygen atoms in total. The Labute approximate surface area is 106 Å². The summed E-state index contributed by atoms with van der Waals surface area (Å²) in [6, 6.07) is 11.0. The third kappa shape index (κ3) is 2.43. The summed E-state index contributed by atoms with van der Waals surface area (Å²) in [4.78, 5) is 12.1. The molecule has 0 aliphatic rings. The second-order valence-electron chi connectivity index (χ2n) is 3.84. The van der Waals surface area contributed by atoms with Gasteiger partial charge in [-0.2, -0.15) is 0 Å². The fourth-order valence-electron chi connectivity index (χ4n) is 1.77. The molecule has 0 atom stereocenters. The molecule has 2 N–H and O–H groups in total. The van der Waals surface area contributed by atoms with Crippen LogP contribution in [0.2, 0.25) is 0 Å². The fourth-order valence-corrected chi connectivity index (χ4v) is 1.77. The molecule has 0 aliphatic heterocycles. The number of pyridine rings is 1. The van der Waals surface area contributed by atoms with Gasteiger partial charge in [0.2, 0.25) is 0 Å². The van der Waals surface area contributed by atoms with Crippen molar-refractivity contribution in [3.8, 4) is 11.4 Å². The molecule has 0 bridgehead atoms. The van der Waals surface area contributed by atoms with E-state index >= 15 is 0 Å². The molecule has 1 aromatic heterocycles. The average Bonchev–Trinajstić information content (AvgIpc) is 2.41. The lowest BCUT2D eigenvalue weighted by atomic mass is 10.2. The lowest BCUT2D eigenvalue weighted by molar-refractivity contribution is 0.340. The molecule has 4 heteroatoms. The molecule has 0 spiro atoms. The molecular formula is C14H16N2O2. The highest BCUT2D eigenvalue weighted by molar-refractivity contribution is 5.38. The van der Waals surface area contributed by atoms with Crippen LogP contribution in [-0.2, 0) is 6.54 Å². The van der Waals surface area contributed by atoms with E-state index in [1.165, 1.54) is 0 Å². The summed E-state index contributed by atoms with van der Waals surface area (Å²) in [7, 11) is 0. The molecule has 18 heavy (non-hydrogen) atoms. The molecule has 1 heterocycles. The Balaban J connectivity index is 2.40. The fraction of sp³-hybridized carbons (Fsp3) is 0.214. The van der Waals surface area contributed by atoms with Crippen LogP contribution in [0.5, 0.6) is 5.75 Å². The van der Waals surface area contributed by atoms with E-state index in [0.717, 1.165) is 11.4 Å². The summed E-state index contributed by atoms with van der Waals surface area (Å²) in [5.41, 5.74) is 6.86. The monoisotopic (exact) mass is 244 g/mol. The first-order valence-corrected chi connectivity index (χ1v) is 5.90. The second kappa shape index (κ2) is 5.51. The molecule has 0 aliphatic carbocycles. The molecule has 2 aromatic rings. The number of hydrogen-bond acceptors (Lipinski definition) is 3. The Bertz CT molecular complexity index is 573. The Morgan fingerprint density at radius 1 is 1.22 bits per heavy atom. The van der Waals surface area contributed by atoms with Crippen molar-refractivity contribution >= 4 is 0 Å². The van der Waals surface area contributed by atoms with Gasteiger partial charge >= 0.3 is 0 Å². The highest BCUT2D eigenvalue weighted by atomic mass is 16.5. The minimum atomic E-state index is -0.0795. The van der Waals surface area contributed by atoms with Crippen molar-refractivity contribution in [2.24, 2.45) is 5.73 Å². The van der Waals surface area contributed by atoms with Gasteiger partial charge in [-0.15, -0.1) is 0 Å². The van der Waals surface area contributed by atoms with E-state index in [2.05, 4.69) is 0 Å². The quantitative estimate of drug-likeness (QED) is 0.890. The van der Waals surface area contributed by atoms with E-state index in [0.29, 0.717) is 12.2 Å². The molecule has 94 valence electrons. The summed E-state index contributed by atoms with van der Waals surface area (Å²) in [5.74, 6) is 0.796. The smallest absolute Gasteiger partial charge is 0.259 e. The van der Waals surface area contributed by atoms with Crippen LogP contribution in [0.3, 0.4) is 0 Å². The minimum absolute atomic E-state index is 0.0795. The highest BCUT2D eigenvalue weighted by Gasteiger charge is 2.03. The normalized spacial score (nSPS) is 10.3. The lowest BCUT2D eigenvalue weighted by Gasteiger charge is -2.08. The Kier molecular flexibility index (Phi) is 3.79. The minimum Gasteiger partial charge on any atom is -0.494 e. The van der Waals surface area contributed by atoms with Gasteiger partial charge in [0.15, 0.2) is 0 Å². The average molecular weight is 244 g/mol. The third-order valence-electron chi connectivity index (χ3n) is 2.67. The van der Waals surface area contributed by atoms with Crippen molar-refractivity contribution in [1.29, 1.82) is 0 Å². The summed E-state index contributed by atoms with van der Waals surface area (Å²) >= 11 is 0. The summed E-state index contributed by atoms with van der Waals surface area (Å²) in [5, 5.41) is 0. The van der Waals surface area contributed by atoms with Crippen molar-refractivity contribution < 1.29 is 4.74 Å². The van der Waals surface area contributed by atoms with Gasteiger partial charge in [0.1, 0.15) is 5.75 Å². The van der Waals surface area contributed by atoms with Crippen molar-refractivity contribution in [2.75, 3.05) is 6.61 Å². The number of ether oxygens (including phenoxy) is 1. The van der Waals surface area contributed by atoms with E-state index in [1.807, 2.05) is 37.3 Å². The predicted molar refractivity (Wildman–Crippen MR) is 71.1 cm³/mol. The maximum absolute atomic E-state index is 12.1. The van der Waals surface area contributed by atoms with Crippen molar-refractivity contribution in [3.05, 3.63) is 58.5 Å². The van der Waals surface area contributed by atoms with E-state index in [4.69, 9.17) is 10.5 Å². The lowest BCUT2D eigenvalue weighted by Crippen LogP contribution is -2.23. The Morgan fingerprint density at radius 2 is 1.94 bits per heavy atom. The molecule has 0 saturated heterocycles. The van der Waals surface area contributed by atoms with Gasteiger partial charge in [-0.3, -0.25) is 9.36 Å². The molecule has 2 rings (SSSR count). The third-order valence-corrected chi connectivity index (χ3v) is 2.67. The number of nitrogens with two attached hydrogens (primary N) is 1. The topological polar surface area (TPSA) is 57.2 Å². The molecule has 1 aromatic carbocycles. The van der Waals surface area contributed by atoms with Gasteiger partial charge < -0.3 is 10.5 Å². The molecule has 0 radical (unpaired) electrons. The first-order chi connectivity index (χ1) is 8.76. The van der Waals surface area contributed by atoms with Crippen LogP contribution in [0.1, 0.15) is 12.5 Å². The molecule has 0 amide bonds. The largest absolute Gasteiger partial charge is 0.494 e. The van der Waals surface area contributed by atoms with Crippen LogP contribution >= 0.6 is 0 Å². The Hall–Kier alpha value is -2.07. The van der Waals surface area contributed by atoms with E-state index < -0.39 is 0 Å². The van der Waals surface area contributed by atoms with Gasteiger partial charge in [0, 0.05) is 24.0 Å². The zero-order valence-electron chi connectivity index (χ0n) is 10.3. The first-order valence-electron chi connectivity index (χ1n) is 5.90. The van der Waals surface area contributed by atoms with Crippen LogP contribution in [0, 0.1) is 0 Å². The highest BCUT2D eigenvalue weighted by Crippen LogP contribution is 2.14. The molecular weight excluding hydrogens is 228 g/mol. The zero-order chi connectivity index (χ0) is 13.0. The Morgan fingerprint density at radius 3 is 2.56 bits per heavy atom. The van der Waals surface area contributed by atoms with Crippen LogP contribution in [0.15, 0.2) is 47.4 Å². The number of nitrogens with zero attached hydrogens (tertiary/aromatic N) is 1. The van der Waals surface area contributed by atoms with Gasteiger partial charge in [0.25, 0.3) is 5.56 Å². The van der Waals surface area contributed by atoms with E-state index in [1.54, 1.807) is 16.8 Å². The van der Waals surface area contributed by atoms with Crippen molar-refractivity contribution in [2.45, 2.75) is 13.5 Å². The maximum Gasteiger partial charge on any atom is 0.259 e. The predicted octanol–water partition coefficient (Wildman–Crippen LogP) is 1.69. The summed E-state index contributed by atoms with van der Waals surface area (Å²) < 4.78 is 6.95. The standard InChI is InChI=1S/C14H16N2O2/c1-2-18-13-7-5-12(6-8-13)16-9-3-4-11(10-15)14(16)17/h3-9H,2,10,15H2,1H3. The molecule has 0 fully saturated rings. The van der Waals surface area contributed by atoms with Gasteiger partial charge in [0.05, 0.1) is 6.61 Å². The van der Waals surface area contributed by atoms with Crippen molar-refractivity contribution in [3.63, 3.8) is 0 Å². The van der Waals surface area contributed by atoms with Crippen LogP contribution < -0.4 is 16.0 Å². The first kappa shape index (κ1) is 12.4. The summed E-state index contributed by atoms with van der Waals surface area (Å²) in [6.07, 6.45) is 1.73. The van der Waals surface area contributed by atoms with Gasteiger partial charge in [-0.05, 0) is 37.3 Å². The van der Waals surface area contributed by atoms with E-state index in [-0.39, 0.29) is 12.1 Å². The summed E-state index contributed by atoms with van der Waals surface area (Å²) in [6.45, 7) is 2.81. The van der Waals surface area contributed by atoms with E-state index in [9.17, 15) is 4.79 Å². The van der Waals surface area contributed by atoms with Crippen molar-refractivity contribution in [1.82, 2.24) is 4.57 Å². The number of benzene rings is 1. The maximum atomic E-state index is 12.1. The number of aromatic nitrogens is 1. The number of hydrogen-bond donors (Lipinski definition) is 1. The molecule has 0 unspecified atom stereocenters. The van der Waals surface area contributed by atoms with Crippen LogP contribution in [0.25, 0.3) is 5.69 Å². The van der Waals surface area contributed by atoms with Gasteiger partial charge in [-0.25, -0.2) is 0 Å². The van der Waals surface area contributed by atoms with Crippen LogP contribution in [-0.4, -0.2) is 11.2 Å². The molecule has 0 saturated carbocycles.